The molecule has 0 bridgehead atoms. The fourth-order valence-corrected chi connectivity index (χ4v) is 3.10. The molecule has 2 amide bonds. The number of thiazole rings is 1. The third-order valence-electron chi connectivity index (χ3n) is 3.61. The fourth-order valence-electron chi connectivity index (χ4n) is 2.43. The standard InChI is InChI=1S/C13H16F3N3O2S/c1-18(8-10-17-4-7-22-10)11(20)9-2-5-19(6-3-9)12(21)13(14,15)16/h4,7,9H,2-3,5-6,8H2,1H3. The maximum Gasteiger partial charge on any atom is 0.471 e. The van der Waals surface area contributed by atoms with Crippen LogP contribution >= 0.6 is 11.3 Å². The van der Waals surface area contributed by atoms with Crippen molar-refractivity contribution in [3.05, 3.63) is 16.6 Å². The lowest BCUT2D eigenvalue weighted by Gasteiger charge is -2.33. The second-order valence-electron chi connectivity index (χ2n) is 5.18. The molecule has 1 saturated heterocycles. The number of hydrogen-bond donors (Lipinski definition) is 0. The van der Waals surface area contributed by atoms with E-state index in [4.69, 9.17) is 0 Å². The average Bonchev–Trinajstić information content (AvgIpc) is 2.97. The van der Waals surface area contributed by atoms with Crippen molar-refractivity contribution in [1.29, 1.82) is 0 Å². The van der Waals surface area contributed by atoms with Gasteiger partial charge in [0.05, 0.1) is 6.54 Å². The van der Waals surface area contributed by atoms with Gasteiger partial charge in [-0.2, -0.15) is 13.2 Å². The van der Waals surface area contributed by atoms with Gasteiger partial charge >= 0.3 is 12.1 Å². The summed E-state index contributed by atoms with van der Waals surface area (Å²) in [7, 11) is 1.65. The first-order valence-electron chi connectivity index (χ1n) is 6.78. The first kappa shape index (κ1) is 16.7. The van der Waals surface area contributed by atoms with E-state index in [0.29, 0.717) is 6.54 Å². The zero-order chi connectivity index (χ0) is 16.3. The summed E-state index contributed by atoms with van der Waals surface area (Å²) < 4.78 is 37.1. The molecule has 2 rings (SSSR count). The van der Waals surface area contributed by atoms with Crippen molar-refractivity contribution >= 4 is 23.2 Å². The molecule has 0 aliphatic carbocycles. The van der Waals surface area contributed by atoms with Gasteiger partial charge in [0, 0.05) is 37.6 Å². The molecule has 1 aliphatic heterocycles. The normalized spacial score (nSPS) is 16.6. The van der Waals surface area contributed by atoms with Gasteiger partial charge in [-0.3, -0.25) is 9.59 Å². The Balaban J connectivity index is 1.86. The van der Waals surface area contributed by atoms with Crippen LogP contribution in [0.4, 0.5) is 13.2 Å². The molecule has 1 aromatic heterocycles. The van der Waals surface area contributed by atoms with E-state index in [1.54, 1.807) is 13.2 Å². The Labute approximate surface area is 129 Å². The van der Waals surface area contributed by atoms with Crippen molar-refractivity contribution in [2.24, 2.45) is 5.92 Å². The number of carbonyl (C=O) groups excluding carboxylic acids is 2. The van der Waals surface area contributed by atoms with Gasteiger partial charge in [-0.05, 0) is 12.8 Å². The SMILES string of the molecule is CN(Cc1nccs1)C(=O)C1CCN(C(=O)C(F)(F)F)CC1. The Morgan fingerprint density at radius 2 is 2.05 bits per heavy atom. The molecule has 0 unspecified atom stereocenters. The summed E-state index contributed by atoms with van der Waals surface area (Å²) in [5.41, 5.74) is 0. The monoisotopic (exact) mass is 335 g/mol. The van der Waals surface area contributed by atoms with Gasteiger partial charge in [-0.1, -0.05) is 0 Å². The average molecular weight is 335 g/mol. The fraction of sp³-hybridized carbons (Fsp3) is 0.615. The molecule has 1 fully saturated rings. The Kier molecular flexibility index (Phi) is 5.05. The second kappa shape index (κ2) is 6.64. The smallest absolute Gasteiger partial charge is 0.339 e. The quantitative estimate of drug-likeness (QED) is 0.848. The molecule has 0 spiro atoms. The summed E-state index contributed by atoms with van der Waals surface area (Å²) >= 11 is 1.44. The number of amides is 2. The molecule has 0 atom stereocenters. The lowest BCUT2D eigenvalue weighted by Crippen LogP contribution is -2.47. The van der Waals surface area contributed by atoms with Gasteiger partial charge in [-0.15, -0.1) is 11.3 Å². The van der Waals surface area contributed by atoms with Crippen LogP contribution < -0.4 is 0 Å². The van der Waals surface area contributed by atoms with E-state index >= 15 is 0 Å². The number of rotatable bonds is 3. The summed E-state index contributed by atoms with van der Waals surface area (Å²) in [6.07, 6.45) is -2.69. The van der Waals surface area contributed by atoms with Gasteiger partial charge in [0.15, 0.2) is 0 Å². The van der Waals surface area contributed by atoms with Gasteiger partial charge < -0.3 is 9.80 Å². The van der Waals surface area contributed by atoms with E-state index in [-0.39, 0.29) is 37.8 Å². The van der Waals surface area contributed by atoms with Gasteiger partial charge in [0.25, 0.3) is 0 Å². The highest BCUT2D eigenvalue weighted by atomic mass is 32.1. The molecular formula is C13H16F3N3O2S. The van der Waals surface area contributed by atoms with Crippen molar-refractivity contribution in [3.8, 4) is 0 Å². The number of hydrogen-bond acceptors (Lipinski definition) is 4. The maximum absolute atomic E-state index is 12.4. The summed E-state index contributed by atoms with van der Waals surface area (Å²) in [6, 6.07) is 0. The van der Waals surface area contributed by atoms with Crippen molar-refractivity contribution in [3.63, 3.8) is 0 Å². The molecule has 1 aliphatic rings. The minimum atomic E-state index is -4.85. The van der Waals surface area contributed by atoms with Crippen LogP contribution in [0.5, 0.6) is 0 Å². The molecule has 2 heterocycles. The largest absolute Gasteiger partial charge is 0.471 e. The van der Waals surface area contributed by atoms with E-state index in [1.807, 2.05) is 5.38 Å². The molecule has 5 nitrogen and oxygen atoms in total. The Bertz CT molecular complexity index is 525. The second-order valence-corrected chi connectivity index (χ2v) is 6.16. The van der Waals surface area contributed by atoms with Gasteiger partial charge in [0.2, 0.25) is 5.91 Å². The number of nitrogens with zero attached hydrogens (tertiary/aromatic N) is 3. The zero-order valence-corrected chi connectivity index (χ0v) is 12.8. The van der Waals surface area contributed by atoms with Crippen LogP contribution in [0.2, 0.25) is 0 Å². The van der Waals surface area contributed by atoms with Gasteiger partial charge in [0.1, 0.15) is 5.01 Å². The number of alkyl halides is 3. The minimum absolute atomic E-state index is 0.0418. The maximum atomic E-state index is 12.4. The van der Waals surface area contributed by atoms with Crippen LogP contribution in [0.15, 0.2) is 11.6 Å². The van der Waals surface area contributed by atoms with Crippen molar-refractivity contribution in [2.45, 2.75) is 25.6 Å². The number of halogens is 3. The van der Waals surface area contributed by atoms with E-state index in [9.17, 15) is 22.8 Å². The molecule has 1 aromatic rings. The van der Waals surface area contributed by atoms with Crippen LogP contribution in [0, 0.1) is 5.92 Å². The highest BCUT2D eigenvalue weighted by Crippen LogP contribution is 2.25. The zero-order valence-electron chi connectivity index (χ0n) is 12.0. The number of aromatic nitrogens is 1. The molecule has 9 heteroatoms. The van der Waals surface area contributed by atoms with Crippen molar-refractivity contribution in [1.82, 2.24) is 14.8 Å². The number of carbonyl (C=O) groups is 2. The lowest BCUT2D eigenvalue weighted by molar-refractivity contribution is -0.187. The van der Waals surface area contributed by atoms with Crippen molar-refractivity contribution < 1.29 is 22.8 Å². The third kappa shape index (κ3) is 3.96. The third-order valence-corrected chi connectivity index (χ3v) is 4.37. The van der Waals surface area contributed by atoms with Crippen LogP contribution in [-0.4, -0.2) is 52.9 Å². The summed E-state index contributed by atoms with van der Waals surface area (Å²) in [5, 5.41) is 2.62. The van der Waals surface area contributed by atoms with E-state index in [0.717, 1.165) is 9.91 Å². The minimum Gasteiger partial charge on any atom is -0.339 e. The van der Waals surface area contributed by atoms with Crippen LogP contribution in [0.1, 0.15) is 17.8 Å². The molecular weight excluding hydrogens is 319 g/mol. The lowest BCUT2D eigenvalue weighted by atomic mass is 9.95. The van der Waals surface area contributed by atoms with E-state index in [1.165, 1.54) is 16.2 Å². The topological polar surface area (TPSA) is 53.5 Å². The Hall–Kier alpha value is -1.64. The van der Waals surface area contributed by atoms with Crippen LogP contribution in [0.3, 0.4) is 0 Å². The van der Waals surface area contributed by atoms with Crippen LogP contribution in [-0.2, 0) is 16.1 Å². The van der Waals surface area contributed by atoms with Gasteiger partial charge in [-0.25, -0.2) is 4.98 Å². The highest BCUT2D eigenvalue weighted by molar-refractivity contribution is 7.09. The van der Waals surface area contributed by atoms with E-state index in [2.05, 4.69) is 4.98 Å². The summed E-state index contributed by atoms with van der Waals surface area (Å²) in [5.74, 6) is -2.29. The molecule has 0 radical (unpaired) electrons. The molecule has 122 valence electrons. The molecule has 0 aromatic carbocycles. The first-order chi connectivity index (χ1) is 10.3. The highest BCUT2D eigenvalue weighted by Gasteiger charge is 2.43. The summed E-state index contributed by atoms with van der Waals surface area (Å²) in [6.45, 7) is 0.303. The Morgan fingerprint density at radius 3 is 2.55 bits per heavy atom. The predicted molar refractivity (Wildman–Crippen MR) is 73.9 cm³/mol. The predicted octanol–water partition coefficient (Wildman–Crippen LogP) is 1.90. The van der Waals surface area contributed by atoms with E-state index < -0.39 is 12.1 Å². The number of likely N-dealkylation sites (tertiary alicyclic amines) is 1. The molecule has 22 heavy (non-hydrogen) atoms. The molecule has 0 N–H and O–H groups in total. The summed E-state index contributed by atoms with van der Waals surface area (Å²) in [4.78, 5) is 29.8. The van der Waals surface area contributed by atoms with Crippen molar-refractivity contribution in [2.75, 3.05) is 20.1 Å². The first-order valence-corrected chi connectivity index (χ1v) is 7.66. The Morgan fingerprint density at radius 1 is 1.41 bits per heavy atom. The number of piperidine rings is 1. The van der Waals surface area contributed by atoms with Crippen LogP contribution in [0.25, 0.3) is 0 Å². The molecule has 0 saturated carbocycles.